The lowest BCUT2D eigenvalue weighted by Crippen LogP contribution is -2.45. The Morgan fingerprint density at radius 3 is 2.61 bits per heavy atom. The van der Waals surface area contributed by atoms with Gasteiger partial charge in [-0.25, -0.2) is 4.68 Å². The molecule has 1 spiro atoms. The number of benzene rings is 2. The molecular weight excluding hydrogens is 352 g/mol. The Morgan fingerprint density at radius 1 is 1.04 bits per heavy atom. The van der Waals surface area contributed by atoms with Gasteiger partial charge in [0.2, 0.25) is 11.8 Å². The van der Waals surface area contributed by atoms with E-state index in [0.29, 0.717) is 5.82 Å². The predicted molar refractivity (Wildman–Crippen MR) is 107 cm³/mol. The fourth-order valence-electron chi connectivity index (χ4n) is 4.59. The van der Waals surface area contributed by atoms with Gasteiger partial charge in [-0.3, -0.25) is 9.59 Å². The molecule has 5 rings (SSSR count). The summed E-state index contributed by atoms with van der Waals surface area (Å²) < 4.78 is 1.73. The minimum Gasteiger partial charge on any atom is -0.314 e. The lowest BCUT2D eigenvalue weighted by molar-refractivity contribution is -0.126. The zero-order valence-electron chi connectivity index (χ0n) is 16.0. The van der Waals surface area contributed by atoms with Gasteiger partial charge in [0.25, 0.3) is 0 Å². The van der Waals surface area contributed by atoms with Crippen molar-refractivity contribution in [2.45, 2.75) is 25.7 Å². The van der Waals surface area contributed by atoms with Crippen LogP contribution in [0.3, 0.4) is 0 Å². The van der Waals surface area contributed by atoms with Crippen LogP contribution >= 0.6 is 0 Å². The maximum atomic E-state index is 13.4. The van der Waals surface area contributed by atoms with Gasteiger partial charge in [-0.2, -0.15) is 5.10 Å². The number of nitrogens with zero attached hydrogens (tertiary/aromatic N) is 3. The normalized spacial score (nSPS) is 20.3. The Morgan fingerprint density at radius 2 is 1.82 bits per heavy atom. The van der Waals surface area contributed by atoms with Crippen LogP contribution < -0.4 is 10.2 Å². The number of carbonyl (C=O) groups excluding carboxylic acids is 2. The fourth-order valence-corrected chi connectivity index (χ4v) is 4.59. The van der Waals surface area contributed by atoms with Crippen molar-refractivity contribution in [2.24, 2.45) is 0 Å². The maximum absolute atomic E-state index is 13.4. The third kappa shape index (κ3) is 2.00. The van der Waals surface area contributed by atoms with Gasteiger partial charge < -0.3 is 10.2 Å². The number of para-hydroxylation sites is 1. The molecule has 2 aliphatic heterocycles. The number of aryl methyl sites for hydroxylation is 2. The van der Waals surface area contributed by atoms with Crippen LogP contribution in [0.2, 0.25) is 0 Å². The summed E-state index contributed by atoms with van der Waals surface area (Å²) in [6.45, 7) is 4.05. The molecule has 140 valence electrons. The van der Waals surface area contributed by atoms with Crippen molar-refractivity contribution in [3.8, 4) is 5.69 Å². The number of carbonyl (C=O) groups is 2. The average molecular weight is 372 g/mol. The first-order valence-corrected chi connectivity index (χ1v) is 9.27. The molecule has 6 nitrogen and oxygen atoms in total. The molecule has 28 heavy (non-hydrogen) atoms. The van der Waals surface area contributed by atoms with Crippen LogP contribution in [0.4, 0.5) is 11.5 Å². The monoisotopic (exact) mass is 372 g/mol. The fraction of sp³-hybridized carbons (Fsp3) is 0.227. The van der Waals surface area contributed by atoms with E-state index in [1.165, 1.54) is 0 Å². The van der Waals surface area contributed by atoms with E-state index >= 15 is 0 Å². The van der Waals surface area contributed by atoms with E-state index in [1.807, 2.05) is 50.2 Å². The van der Waals surface area contributed by atoms with E-state index in [0.717, 1.165) is 33.6 Å². The van der Waals surface area contributed by atoms with Gasteiger partial charge in [0, 0.05) is 24.7 Å². The lowest BCUT2D eigenvalue weighted by Gasteiger charge is -2.32. The zero-order chi connectivity index (χ0) is 19.6. The van der Waals surface area contributed by atoms with Crippen molar-refractivity contribution >= 4 is 23.3 Å². The van der Waals surface area contributed by atoms with E-state index in [-0.39, 0.29) is 18.2 Å². The summed E-state index contributed by atoms with van der Waals surface area (Å²) in [5, 5.41) is 7.53. The molecule has 2 aromatic carbocycles. The molecule has 1 N–H and O–H groups in total. The number of amides is 2. The van der Waals surface area contributed by atoms with Gasteiger partial charge in [0.15, 0.2) is 0 Å². The molecule has 0 fully saturated rings. The van der Waals surface area contributed by atoms with Gasteiger partial charge in [-0.1, -0.05) is 35.9 Å². The van der Waals surface area contributed by atoms with Crippen LogP contribution in [-0.4, -0.2) is 28.6 Å². The van der Waals surface area contributed by atoms with Crippen LogP contribution in [0.15, 0.2) is 48.7 Å². The summed E-state index contributed by atoms with van der Waals surface area (Å²) in [7, 11) is 1.76. The molecule has 6 heteroatoms. The summed E-state index contributed by atoms with van der Waals surface area (Å²) in [6.07, 6.45) is 1.81. The van der Waals surface area contributed by atoms with E-state index in [4.69, 9.17) is 0 Å². The van der Waals surface area contributed by atoms with Crippen LogP contribution in [-0.2, 0) is 15.0 Å². The van der Waals surface area contributed by atoms with Gasteiger partial charge >= 0.3 is 0 Å². The Balaban J connectivity index is 1.78. The summed E-state index contributed by atoms with van der Waals surface area (Å²) in [6, 6.07) is 13.8. The Bertz CT molecular complexity index is 1160. The molecule has 3 heterocycles. The summed E-state index contributed by atoms with van der Waals surface area (Å²) in [4.78, 5) is 27.8. The van der Waals surface area contributed by atoms with Crippen molar-refractivity contribution in [3.63, 3.8) is 0 Å². The summed E-state index contributed by atoms with van der Waals surface area (Å²) >= 11 is 0. The molecule has 1 aromatic heterocycles. The van der Waals surface area contributed by atoms with Crippen molar-refractivity contribution in [2.75, 3.05) is 17.3 Å². The smallest absolute Gasteiger partial charge is 0.242 e. The summed E-state index contributed by atoms with van der Waals surface area (Å²) in [5.41, 5.74) is 4.51. The molecule has 0 saturated heterocycles. The predicted octanol–water partition coefficient (Wildman–Crippen LogP) is 3.09. The Hall–Kier alpha value is -3.41. The minimum atomic E-state index is -1.03. The highest BCUT2D eigenvalue weighted by Crippen LogP contribution is 2.51. The van der Waals surface area contributed by atoms with Gasteiger partial charge in [-0.15, -0.1) is 0 Å². The second-order valence-electron chi connectivity index (χ2n) is 7.62. The van der Waals surface area contributed by atoms with E-state index in [1.54, 1.807) is 22.8 Å². The van der Waals surface area contributed by atoms with Crippen molar-refractivity contribution in [1.82, 2.24) is 9.78 Å². The van der Waals surface area contributed by atoms with E-state index in [2.05, 4.69) is 16.5 Å². The Labute approximate surface area is 162 Å². The number of likely N-dealkylation sites (N-methyl/N-ethyl adjacent to an activating group) is 1. The largest absolute Gasteiger partial charge is 0.314 e. The highest BCUT2D eigenvalue weighted by atomic mass is 16.2. The number of hydrogen-bond acceptors (Lipinski definition) is 3. The average Bonchev–Trinajstić information content (AvgIpc) is 3.17. The minimum absolute atomic E-state index is 0.0821. The standard InChI is InChI=1S/C22H20N4O2/c1-13-8-9-17(14(2)10-13)26-20-16(12-23-26)22(11-19(27)24-20)15-6-4-5-7-18(15)25(3)21(22)28/h4-10,12H,11H2,1-3H3,(H,24,27). The highest BCUT2D eigenvalue weighted by Gasteiger charge is 2.56. The molecule has 1 unspecified atom stereocenters. The quantitative estimate of drug-likeness (QED) is 0.714. The molecule has 2 amide bonds. The van der Waals surface area contributed by atoms with Gasteiger partial charge in [0.05, 0.1) is 11.9 Å². The SMILES string of the molecule is Cc1ccc(-n2ncc3c2NC(=O)CC32C(=O)N(C)c3ccccc32)c(C)c1. The molecule has 3 aromatic rings. The number of hydrogen-bond donors (Lipinski definition) is 1. The van der Waals surface area contributed by atoms with Crippen molar-refractivity contribution < 1.29 is 9.59 Å². The van der Waals surface area contributed by atoms with Crippen LogP contribution in [0, 0.1) is 13.8 Å². The third-order valence-electron chi connectivity index (χ3n) is 5.89. The van der Waals surface area contributed by atoms with Gasteiger partial charge in [0.1, 0.15) is 11.2 Å². The summed E-state index contributed by atoms with van der Waals surface area (Å²) in [5.74, 6) is 0.295. The van der Waals surface area contributed by atoms with Crippen molar-refractivity contribution in [1.29, 1.82) is 0 Å². The number of aromatic nitrogens is 2. The molecule has 1 atom stereocenters. The first kappa shape index (κ1) is 16.7. The lowest BCUT2D eigenvalue weighted by atomic mass is 9.72. The number of anilines is 2. The van der Waals surface area contributed by atoms with Crippen molar-refractivity contribution in [3.05, 3.63) is 70.9 Å². The van der Waals surface area contributed by atoms with Gasteiger partial charge in [-0.05, 0) is 37.1 Å². The Kier molecular flexibility index (Phi) is 3.32. The molecule has 2 aliphatic rings. The number of rotatable bonds is 1. The number of fused-ring (bicyclic) bond motifs is 4. The van der Waals surface area contributed by atoms with Crippen LogP contribution in [0.5, 0.6) is 0 Å². The molecule has 0 aliphatic carbocycles. The molecule has 0 saturated carbocycles. The first-order chi connectivity index (χ1) is 13.4. The van der Waals surface area contributed by atoms with E-state index < -0.39 is 5.41 Å². The molecule has 0 radical (unpaired) electrons. The zero-order valence-corrected chi connectivity index (χ0v) is 16.0. The second kappa shape index (κ2) is 5.55. The van der Waals surface area contributed by atoms with E-state index in [9.17, 15) is 9.59 Å². The topological polar surface area (TPSA) is 67.2 Å². The second-order valence-corrected chi connectivity index (χ2v) is 7.62. The van der Waals surface area contributed by atoms with Crippen LogP contribution in [0.1, 0.15) is 28.7 Å². The first-order valence-electron chi connectivity index (χ1n) is 9.27. The molecular formula is C22H20N4O2. The maximum Gasteiger partial charge on any atom is 0.242 e. The molecule has 0 bridgehead atoms. The van der Waals surface area contributed by atoms with Crippen LogP contribution in [0.25, 0.3) is 5.69 Å². The highest BCUT2D eigenvalue weighted by molar-refractivity contribution is 6.15. The third-order valence-corrected chi connectivity index (χ3v) is 5.89. The number of nitrogens with one attached hydrogen (secondary N) is 1.